The molecule has 0 heterocycles. The lowest BCUT2D eigenvalue weighted by atomic mass is 10.1. The highest BCUT2D eigenvalue weighted by Gasteiger charge is 2.14. The summed E-state index contributed by atoms with van der Waals surface area (Å²) >= 11 is 2.70. The van der Waals surface area contributed by atoms with E-state index in [-0.39, 0.29) is 9.52 Å². The van der Waals surface area contributed by atoms with Crippen molar-refractivity contribution in [3.63, 3.8) is 0 Å². The van der Waals surface area contributed by atoms with Gasteiger partial charge in [0.2, 0.25) is 0 Å². The fourth-order valence-electron chi connectivity index (χ4n) is 1.96. The van der Waals surface area contributed by atoms with Crippen molar-refractivity contribution in [3.05, 3.63) is 11.3 Å². The number of allylic oxidation sites excluding steroid dienone is 1. The topological polar surface area (TPSA) is 0 Å². The molecule has 0 aliphatic heterocycles. The summed E-state index contributed by atoms with van der Waals surface area (Å²) < 4.78 is 0. The van der Waals surface area contributed by atoms with Crippen LogP contribution in [0.25, 0.3) is 0 Å². The average Bonchev–Trinajstić information content (AvgIpc) is 2.18. The van der Waals surface area contributed by atoms with Gasteiger partial charge in [-0.15, -0.1) is 27.5 Å². The summed E-state index contributed by atoms with van der Waals surface area (Å²) in [5.74, 6) is 0. The van der Waals surface area contributed by atoms with Crippen LogP contribution in [0.1, 0.15) is 52.4 Å². The van der Waals surface area contributed by atoms with Crippen molar-refractivity contribution in [2.24, 2.45) is 0 Å². The third-order valence-corrected chi connectivity index (χ3v) is 8.20. The first kappa shape index (κ1) is 17.9. The van der Waals surface area contributed by atoms with E-state index in [2.05, 4.69) is 54.4 Å². The van der Waals surface area contributed by atoms with Crippen LogP contribution in [0.3, 0.4) is 0 Å². The molecule has 0 nitrogen and oxygen atoms in total. The lowest BCUT2D eigenvalue weighted by Crippen LogP contribution is -2.13. The standard InChI is InChI=1S/C14H31ISi2/c1-14(2)13-16-11-9-7-5-6-8-10-12-17(3,4)15/h13H,5-12,16H2,1-4H3. The third-order valence-electron chi connectivity index (χ3n) is 3.03. The van der Waals surface area contributed by atoms with Gasteiger partial charge in [0.1, 0.15) is 5.57 Å². The molecule has 0 saturated heterocycles. The zero-order valence-corrected chi connectivity index (χ0v) is 16.9. The van der Waals surface area contributed by atoms with E-state index in [1.54, 1.807) is 0 Å². The van der Waals surface area contributed by atoms with E-state index in [1.165, 1.54) is 56.2 Å². The first-order valence-corrected chi connectivity index (χ1v) is 15.4. The highest BCUT2D eigenvalue weighted by atomic mass is 127. The SMILES string of the molecule is CC(C)=C[SiH2]CCCCCCCC[Si](C)(C)I. The maximum absolute atomic E-state index is 2.70. The number of rotatable bonds is 10. The Labute approximate surface area is 125 Å². The second kappa shape index (κ2) is 10.8. The van der Waals surface area contributed by atoms with Crippen molar-refractivity contribution in [1.29, 1.82) is 0 Å². The van der Waals surface area contributed by atoms with E-state index in [9.17, 15) is 0 Å². The highest BCUT2D eigenvalue weighted by Crippen LogP contribution is 2.21. The molecule has 0 fully saturated rings. The fraction of sp³-hybridized carbons (Fsp3) is 0.857. The van der Waals surface area contributed by atoms with E-state index in [0.717, 1.165) is 0 Å². The predicted molar refractivity (Wildman–Crippen MR) is 96.8 cm³/mol. The Kier molecular flexibility index (Phi) is 11.4. The van der Waals surface area contributed by atoms with Gasteiger partial charge in [0.25, 0.3) is 0 Å². The first-order chi connectivity index (χ1) is 7.92. The zero-order valence-electron chi connectivity index (χ0n) is 12.3. The minimum absolute atomic E-state index is 0.144. The first-order valence-electron chi connectivity index (χ1n) is 7.24. The van der Waals surface area contributed by atoms with Crippen molar-refractivity contribution >= 4 is 36.9 Å². The molecule has 0 radical (unpaired) electrons. The summed E-state index contributed by atoms with van der Waals surface area (Å²) in [6.07, 6.45) is 8.88. The van der Waals surface area contributed by atoms with Crippen molar-refractivity contribution < 1.29 is 0 Å². The summed E-state index contributed by atoms with van der Waals surface area (Å²) in [4.78, 5) is 0. The number of halogens is 1. The molecule has 3 heteroatoms. The molecule has 0 rings (SSSR count). The molecule has 0 aromatic rings. The molecule has 0 aliphatic carbocycles. The largest absolute Gasteiger partial charge is 0.119 e. The van der Waals surface area contributed by atoms with Gasteiger partial charge in [-0.1, -0.05) is 63.2 Å². The van der Waals surface area contributed by atoms with Crippen LogP contribution in [-0.2, 0) is 0 Å². The molecule has 0 spiro atoms. The van der Waals surface area contributed by atoms with E-state index in [0.29, 0.717) is 0 Å². The third kappa shape index (κ3) is 16.9. The Bertz CT molecular complexity index is 203. The zero-order chi connectivity index (χ0) is 13.1. The summed E-state index contributed by atoms with van der Waals surface area (Å²) in [7, 11) is 0.144. The fourth-order valence-corrected chi connectivity index (χ4v) is 5.62. The second-order valence-electron chi connectivity index (χ2n) is 6.01. The van der Waals surface area contributed by atoms with Gasteiger partial charge in [0.05, 0.1) is 0 Å². The van der Waals surface area contributed by atoms with Gasteiger partial charge in [-0.25, -0.2) is 0 Å². The molecule has 0 N–H and O–H groups in total. The van der Waals surface area contributed by atoms with Gasteiger partial charge >= 0.3 is 0 Å². The summed E-state index contributed by atoms with van der Waals surface area (Å²) in [5, 5.41) is 0. The molecule has 0 saturated carbocycles. The van der Waals surface area contributed by atoms with E-state index >= 15 is 0 Å². The molecular weight excluding hydrogens is 351 g/mol. The molecule has 0 aromatic heterocycles. The van der Waals surface area contributed by atoms with Crippen LogP contribution in [0.5, 0.6) is 0 Å². The summed E-state index contributed by atoms with van der Waals surface area (Å²) in [6, 6.07) is 3.04. The van der Waals surface area contributed by atoms with Crippen LogP contribution in [0.4, 0.5) is 0 Å². The maximum Gasteiger partial charge on any atom is 0.119 e. The number of hydrogen-bond donors (Lipinski definition) is 0. The second-order valence-corrected chi connectivity index (χ2v) is 20.4. The van der Waals surface area contributed by atoms with Gasteiger partial charge in [-0.3, -0.25) is 0 Å². The minimum atomic E-state index is -0.785. The van der Waals surface area contributed by atoms with Gasteiger partial charge in [-0.05, 0) is 19.9 Å². The van der Waals surface area contributed by atoms with Crippen LogP contribution in [0, 0.1) is 0 Å². The molecular formula is C14H31ISi2. The lowest BCUT2D eigenvalue weighted by Gasteiger charge is -2.12. The lowest BCUT2D eigenvalue weighted by molar-refractivity contribution is 0.623. The predicted octanol–water partition coefficient (Wildman–Crippen LogP) is 5.48. The Morgan fingerprint density at radius 1 is 1.00 bits per heavy atom. The van der Waals surface area contributed by atoms with Gasteiger partial charge in [-0.2, -0.15) is 0 Å². The van der Waals surface area contributed by atoms with Gasteiger partial charge in [0, 0.05) is 9.52 Å². The van der Waals surface area contributed by atoms with Gasteiger partial charge in [0.15, 0.2) is 0 Å². The number of hydrogen-bond acceptors (Lipinski definition) is 0. The van der Waals surface area contributed by atoms with Crippen LogP contribution in [0.15, 0.2) is 11.3 Å². The van der Waals surface area contributed by atoms with Gasteiger partial charge < -0.3 is 0 Å². The molecule has 0 amide bonds. The van der Waals surface area contributed by atoms with Crippen LogP contribution in [-0.4, -0.2) is 15.1 Å². The summed E-state index contributed by atoms with van der Waals surface area (Å²) in [5.41, 5.74) is 3.25. The van der Waals surface area contributed by atoms with Crippen molar-refractivity contribution in [3.8, 4) is 0 Å². The molecule has 102 valence electrons. The van der Waals surface area contributed by atoms with E-state index < -0.39 is 5.57 Å². The van der Waals surface area contributed by atoms with Crippen LogP contribution in [0.2, 0.25) is 25.2 Å². The minimum Gasteiger partial charge on any atom is -0.119 e. The Morgan fingerprint density at radius 3 is 2.06 bits per heavy atom. The molecule has 0 bridgehead atoms. The summed E-state index contributed by atoms with van der Waals surface area (Å²) in [6.45, 7) is 9.40. The smallest absolute Gasteiger partial charge is 0.119 e. The van der Waals surface area contributed by atoms with Crippen LogP contribution >= 0.6 is 21.8 Å². The maximum atomic E-state index is 2.70. The highest BCUT2D eigenvalue weighted by molar-refractivity contribution is 14.1. The normalized spacial score (nSPS) is 12.3. The molecule has 0 unspecified atom stereocenters. The van der Waals surface area contributed by atoms with E-state index in [4.69, 9.17) is 0 Å². The quantitative estimate of drug-likeness (QED) is 0.203. The monoisotopic (exact) mass is 382 g/mol. The molecule has 0 atom stereocenters. The van der Waals surface area contributed by atoms with Crippen molar-refractivity contribution in [1.82, 2.24) is 0 Å². The molecule has 0 aromatic carbocycles. The number of unbranched alkanes of at least 4 members (excludes halogenated alkanes) is 5. The molecule has 0 aliphatic rings. The molecule has 17 heavy (non-hydrogen) atoms. The van der Waals surface area contributed by atoms with Crippen molar-refractivity contribution in [2.75, 3.05) is 0 Å². The Hall–Kier alpha value is 0.904. The Morgan fingerprint density at radius 2 is 1.53 bits per heavy atom. The van der Waals surface area contributed by atoms with Crippen LogP contribution < -0.4 is 0 Å². The Balaban J connectivity index is 3.12. The van der Waals surface area contributed by atoms with Crippen molar-refractivity contribution in [2.45, 2.75) is 77.6 Å². The van der Waals surface area contributed by atoms with E-state index in [1.807, 2.05) is 0 Å². The average molecular weight is 382 g/mol.